The molecule has 0 radical (unpaired) electrons. The van der Waals surface area contributed by atoms with Gasteiger partial charge in [0.1, 0.15) is 0 Å². The van der Waals surface area contributed by atoms with Crippen LogP contribution in [0, 0.1) is 11.8 Å². The molecule has 2 atom stereocenters. The summed E-state index contributed by atoms with van der Waals surface area (Å²) in [5.41, 5.74) is 0. The van der Waals surface area contributed by atoms with Crippen molar-refractivity contribution in [3.05, 3.63) is 0 Å². The molecule has 2 unspecified atom stereocenters. The summed E-state index contributed by atoms with van der Waals surface area (Å²) in [6.45, 7) is 9.93. The molecule has 1 N–H and O–H groups in total. The molecule has 1 saturated heterocycles. The van der Waals surface area contributed by atoms with Crippen LogP contribution < -0.4 is 5.32 Å². The van der Waals surface area contributed by atoms with Crippen molar-refractivity contribution in [3.8, 4) is 0 Å². The highest BCUT2D eigenvalue weighted by molar-refractivity contribution is 4.76. The molecule has 1 rings (SSSR count). The Morgan fingerprint density at radius 1 is 1.36 bits per heavy atom. The van der Waals surface area contributed by atoms with Crippen molar-refractivity contribution in [1.29, 1.82) is 0 Å². The van der Waals surface area contributed by atoms with Crippen LogP contribution >= 0.6 is 0 Å². The summed E-state index contributed by atoms with van der Waals surface area (Å²) in [4.78, 5) is 0. The molecule has 1 aliphatic heterocycles. The molecule has 84 valence electrons. The Balaban J connectivity index is 2.15. The first-order chi connectivity index (χ1) is 6.77. The summed E-state index contributed by atoms with van der Waals surface area (Å²) in [7, 11) is 0. The molecule has 0 amide bonds. The van der Waals surface area contributed by atoms with Gasteiger partial charge in [0.2, 0.25) is 0 Å². The first-order valence-corrected chi connectivity index (χ1v) is 6.09. The zero-order valence-electron chi connectivity index (χ0n) is 9.88. The third-order valence-corrected chi connectivity index (χ3v) is 3.56. The fraction of sp³-hybridized carbons (Fsp3) is 1.00. The molecule has 0 bridgehead atoms. The summed E-state index contributed by atoms with van der Waals surface area (Å²) < 4.78 is 5.40. The summed E-state index contributed by atoms with van der Waals surface area (Å²) >= 11 is 0. The van der Waals surface area contributed by atoms with Gasteiger partial charge in [-0.3, -0.25) is 0 Å². The van der Waals surface area contributed by atoms with E-state index in [4.69, 9.17) is 4.74 Å². The van der Waals surface area contributed by atoms with Crippen molar-refractivity contribution in [3.63, 3.8) is 0 Å². The average molecular weight is 199 g/mol. The lowest BCUT2D eigenvalue weighted by Crippen LogP contribution is -2.36. The van der Waals surface area contributed by atoms with Gasteiger partial charge in [-0.05, 0) is 31.7 Å². The Labute approximate surface area is 88.4 Å². The summed E-state index contributed by atoms with van der Waals surface area (Å²) in [5, 5.41) is 3.65. The van der Waals surface area contributed by atoms with Crippen LogP contribution in [0.2, 0.25) is 0 Å². The molecular weight excluding hydrogens is 174 g/mol. The molecule has 0 aliphatic carbocycles. The fourth-order valence-electron chi connectivity index (χ4n) is 2.04. The van der Waals surface area contributed by atoms with Gasteiger partial charge < -0.3 is 10.1 Å². The van der Waals surface area contributed by atoms with Gasteiger partial charge >= 0.3 is 0 Å². The van der Waals surface area contributed by atoms with Crippen molar-refractivity contribution in [2.24, 2.45) is 11.8 Å². The Bertz CT molecular complexity index is 139. The van der Waals surface area contributed by atoms with E-state index in [-0.39, 0.29) is 0 Å². The van der Waals surface area contributed by atoms with Crippen LogP contribution in [-0.4, -0.2) is 25.8 Å². The molecule has 2 heteroatoms. The lowest BCUT2D eigenvalue weighted by molar-refractivity contribution is 0.177. The SMILES string of the molecule is CCC(CC)CNC(C)C1CCOC1. The fourth-order valence-corrected chi connectivity index (χ4v) is 2.04. The van der Waals surface area contributed by atoms with Gasteiger partial charge in [0.25, 0.3) is 0 Å². The molecule has 2 nitrogen and oxygen atoms in total. The smallest absolute Gasteiger partial charge is 0.0509 e. The molecular formula is C12H25NO. The van der Waals surface area contributed by atoms with Crippen LogP contribution in [0.4, 0.5) is 0 Å². The Hall–Kier alpha value is -0.0800. The van der Waals surface area contributed by atoms with Gasteiger partial charge in [0.15, 0.2) is 0 Å². The molecule has 0 saturated carbocycles. The maximum absolute atomic E-state index is 5.40. The van der Waals surface area contributed by atoms with Crippen LogP contribution in [0.5, 0.6) is 0 Å². The van der Waals surface area contributed by atoms with Crippen LogP contribution in [0.15, 0.2) is 0 Å². The van der Waals surface area contributed by atoms with Crippen molar-refractivity contribution in [2.45, 2.75) is 46.1 Å². The van der Waals surface area contributed by atoms with E-state index in [2.05, 4.69) is 26.1 Å². The predicted octanol–water partition coefficient (Wildman–Crippen LogP) is 2.44. The molecule has 1 fully saturated rings. The first-order valence-electron chi connectivity index (χ1n) is 6.09. The lowest BCUT2D eigenvalue weighted by Gasteiger charge is -2.22. The minimum atomic E-state index is 0.623. The van der Waals surface area contributed by atoms with Gasteiger partial charge in [-0.25, -0.2) is 0 Å². The zero-order chi connectivity index (χ0) is 10.4. The maximum atomic E-state index is 5.40. The quantitative estimate of drug-likeness (QED) is 0.709. The van der Waals surface area contributed by atoms with Crippen molar-refractivity contribution >= 4 is 0 Å². The average Bonchev–Trinajstić information content (AvgIpc) is 2.72. The van der Waals surface area contributed by atoms with E-state index in [9.17, 15) is 0 Å². The number of rotatable bonds is 6. The number of ether oxygens (including phenoxy) is 1. The standard InChI is InChI=1S/C12H25NO/c1-4-11(5-2)8-13-10(3)12-6-7-14-9-12/h10-13H,4-9H2,1-3H3. The molecule has 0 spiro atoms. The summed E-state index contributed by atoms with van der Waals surface area (Å²) in [5.74, 6) is 1.59. The second-order valence-corrected chi connectivity index (χ2v) is 4.50. The maximum Gasteiger partial charge on any atom is 0.0509 e. The van der Waals surface area contributed by atoms with Crippen LogP contribution in [0.1, 0.15) is 40.0 Å². The highest BCUT2D eigenvalue weighted by Crippen LogP contribution is 2.17. The van der Waals surface area contributed by atoms with E-state index in [1.807, 2.05) is 0 Å². The minimum absolute atomic E-state index is 0.623. The number of nitrogens with one attached hydrogen (secondary N) is 1. The highest BCUT2D eigenvalue weighted by Gasteiger charge is 2.22. The monoisotopic (exact) mass is 199 g/mol. The third-order valence-electron chi connectivity index (χ3n) is 3.56. The molecule has 0 aromatic carbocycles. The Kier molecular flexibility index (Phi) is 5.49. The van der Waals surface area contributed by atoms with Crippen LogP contribution in [0.25, 0.3) is 0 Å². The molecule has 14 heavy (non-hydrogen) atoms. The van der Waals surface area contributed by atoms with Gasteiger partial charge in [0, 0.05) is 12.6 Å². The Morgan fingerprint density at radius 2 is 2.07 bits per heavy atom. The van der Waals surface area contributed by atoms with Gasteiger partial charge in [-0.1, -0.05) is 26.7 Å². The van der Waals surface area contributed by atoms with Gasteiger partial charge in [0.05, 0.1) is 6.61 Å². The van der Waals surface area contributed by atoms with Crippen molar-refractivity contribution in [1.82, 2.24) is 5.32 Å². The normalized spacial score (nSPS) is 24.4. The van der Waals surface area contributed by atoms with E-state index in [1.165, 1.54) is 25.8 Å². The van der Waals surface area contributed by atoms with Gasteiger partial charge in [-0.2, -0.15) is 0 Å². The second kappa shape index (κ2) is 6.41. The van der Waals surface area contributed by atoms with E-state index in [0.29, 0.717) is 6.04 Å². The highest BCUT2D eigenvalue weighted by atomic mass is 16.5. The van der Waals surface area contributed by atoms with E-state index in [1.54, 1.807) is 0 Å². The number of hydrogen-bond donors (Lipinski definition) is 1. The lowest BCUT2D eigenvalue weighted by atomic mass is 9.98. The molecule has 1 aliphatic rings. The van der Waals surface area contributed by atoms with Gasteiger partial charge in [-0.15, -0.1) is 0 Å². The summed E-state index contributed by atoms with van der Waals surface area (Å²) in [6.07, 6.45) is 3.81. The van der Waals surface area contributed by atoms with Crippen molar-refractivity contribution in [2.75, 3.05) is 19.8 Å². The van der Waals surface area contributed by atoms with E-state index in [0.717, 1.165) is 25.0 Å². The molecule has 0 aromatic rings. The Morgan fingerprint density at radius 3 is 2.57 bits per heavy atom. The number of hydrogen-bond acceptors (Lipinski definition) is 2. The predicted molar refractivity (Wildman–Crippen MR) is 60.5 cm³/mol. The topological polar surface area (TPSA) is 21.3 Å². The molecule has 0 aromatic heterocycles. The third kappa shape index (κ3) is 3.58. The van der Waals surface area contributed by atoms with Crippen molar-refractivity contribution < 1.29 is 4.74 Å². The van der Waals surface area contributed by atoms with E-state index < -0.39 is 0 Å². The largest absolute Gasteiger partial charge is 0.381 e. The van der Waals surface area contributed by atoms with E-state index >= 15 is 0 Å². The van der Waals surface area contributed by atoms with Crippen LogP contribution in [-0.2, 0) is 4.74 Å². The van der Waals surface area contributed by atoms with Crippen LogP contribution in [0.3, 0.4) is 0 Å². The minimum Gasteiger partial charge on any atom is -0.381 e. The molecule has 1 heterocycles. The zero-order valence-corrected chi connectivity index (χ0v) is 9.88. The summed E-state index contributed by atoms with van der Waals surface area (Å²) in [6, 6.07) is 0.623. The first kappa shape index (κ1) is 12.0. The second-order valence-electron chi connectivity index (χ2n) is 4.50.